The van der Waals surface area contributed by atoms with Crippen molar-refractivity contribution in [1.29, 1.82) is 0 Å². The Kier molecular flexibility index (Phi) is 4.67. The van der Waals surface area contributed by atoms with Crippen LogP contribution in [0.15, 0.2) is 24.8 Å². The minimum absolute atomic E-state index is 1.11. The van der Waals surface area contributed by atoms with E-state index in [4.69, 9.17) is 0 Å². The van der Waals surface area contributed by atoms with Crippen LogP contribution in [0.25, 0.3) is 0 Å². The zero-order valence-corrected chi connectivity index (χ0v) is 10.1. The van der Waals surface area contributed by atoms with Gasteiger partial charge < -0.3 is 0 Å². The van der Waals surface area contributed by atoms with Crippen molar-refractivity contribution in [3.05, 3.63) is 24.8 Å². The zero-order chi connectivity index (χ0) is 8.81. The molecule has 1 rings (SSSR count). The molecule has 0 aromatic rings. The molecule has 1 fully saturated rings. The number of allylic oxidation sites excluding steroid dienone is 2. The Balaban J connectivity index is 2.39. The normalized spacial score (nSPS) is 19.7. The molecule has 0 unspecified atom stereocenters. The van der Waals surface area contributed by atoms with Crippen molar-refractivity contribution in [3.8, 4) is 0 Å². The Morgan fingerprint density at radius 1 is 1.42 bits per heavy atom. The van der Waals surface area contributed by atoms with E-state index in [1.807, 2.05) is 12.2 Å². The van der Waals surface area contributed by atoms with Gasteiger partial charge in [-0.15, -0.1) is 0 Å². The van der Waals surface area contributed by atoms with Crippen molar-refractivity contribution in [2.45, 2.75) is 0 Å². The summed E-state index contributed by atoms with van der Waals surface area (Å²) in [5, 5.41) is 3.34. The van der Waals surface area contributed by atoms with Crippen LogP contribution in [0.4, 0.5) is 0 Å². The second-order valence-corrected chi connectivity index (χ2v) is 4.17. The van der Waals surface area contributed by atoms with Crippen LogP contribution < -0.4 is 5.32 Å². The maximum atomic E-state index is 3.66. The van der Waals surface area contributed by atoms with Gasteiger partial charge in [0.25, 0.3) is 0 Å². The Morgan fingerprint density at radius 2 is 2.08 bits per heavy atom. The summed E-state index contributed by atoms with van der Waals surface area (Å²) in [6.45, 7) is 8.15. The van der Waals surface area contributed by atoms with Crippen LogP contribution >= 0.6 is 0 Å². The second-order valence-electron chi connectivity index (χ2n) is 2.67. The molecule has 0 spiro atoms. The molecule has 0 aromatic heterocycles. The third-order valence-electron chi connectivity index (χ3n) is 1.80. The third-order valence-corrected chi connectivity index (χ3v) is 3.22. The van der Waals surface area contributed by atoms with E-state index >= 15 is 0 Å². The van der Waals surface area contributed by atoms with Crippen LogP contribution in [-0.2, 0) is 19.4 Å². The van der Waals surface area contributed by atoms with Gasteiger partial charge in [-0.2, -0.15) is 0 Å². The molecule has 3 heteroatoms. The van der Waals surface area contributed by atoms with Crippen LogP contribution in [-0.4, -0.2) is 35.1 Å². The summed E-state index contributed by atoms with van der Waals surface area (Å²) in [6, 6.07) is 0. The SMILES string of the molecule is C=C/C=C\[C](=[W])N1CCNCC1. The van der Waals surface area contributed by atoms with Crippen LogP contribution in [0.3, 0.4) is 0 Å². The molecule has 1 aliphatic heterocycles. The van der Waals surface area contributed by atoms with Crippen LogP contribution in [0.1, 0.15) is 0 Å². The molecule has 1 aliphatic rings. The quantitative estimate of drug-likeness (QED) is 0.748. The van der Waals surface area contributed by atoms with Gasteiger partial charge in [-0.05, 0) is 0 Å². The minimum atomic E-state index is 1.11. The summed E-state index contributed by atoms with van der Waals surface area (Å²) in [6.07, 6.45) is 5.98. The molecule has 0 saturated carbocycles. The Morgan fingerprint density at radius 3 is 2.67 bits per heavy atom. The van der Waals surface area contributed by atoms with E-state index in [2.05, 4.69) is 22.9 Å². The molecule has 1 saturated heterocycles. The van der Waals surface area contributed by atoms with Gasteiger partial charge in [0, 0.05) is 0 Å². The molecule has 66 valence electrons. The van der Waals surface area contributed by atoms with Gasteiger partial charge in [-0.1, -0.05) is 0 Å². The third kappa shape index (κ3) is 3.14. The topological polar surface area (TPSA) is 15.3 Å². The summed E-state index contributed by atoms with van der Waals surface area (Å²) < 4.78 is 1.41. The van der Waals surface area contributed by atoms with Crippen molar-refractivity contribution in [2.75, 3.05) is 26.2 Å². The molecule has 1 heterocycles. The number of nitrogens with one attached hydrogen (secondary N) is 1. The standard InChI is InChI=1S/C9H14N2.W/c1-2-3-4-7-11-8-5-10-6-9-11;/h2-4,10H,1,5-6,8-9H2;/b4-3-;. The first-order valence-electron chi connectivity index (χ1n) is 4.13. The number of nitrogens with zero attached hydrogens (tertiary/aromatic N) is 1. The van der Waals surface area contributed by atoms with Gasteiger partial charge in [-0.25, -0.2) is 0 Å². The summed E-state index contributed by atoms with van der Waals surface area (Å²) in [7, 11) is 0. The van der Waals surface area contributed by atoms with E-state index in [-0.39, 0.29) is 0 Å². The van der Waals surface area contributed by atoms with Crippen molar-refractivity contribution in [3.63, 3.8) is 0 Å². The first-order valence-corrected chi connectivity index (χ1v) is 5.60. The molecule has 12 heavy (non-hydrogen) atoms. The van der Waals surface area contributed by atoms with E-state index in [0.717, 1.165) is 26.2 Å². The molecule has 0 amide bonds. The van der Waals surface area contributed by atoms with Crippen molar-refractivity contribution in [1.82, 2.24) is 10.2 Å². The summed E-state index contributed by atoms with van der Waals surface area (Å²) in [5.74, 6) is 0. The molecule has 0 radical (unpaired) electrons. The van der Waals surface area contributed by atoms with Crippen LogP contribution in [0.5, 0.6) is 0 Å². The zero-order valence-electron chi connectivity index (χ0n) is 7.12. The van der Waals surface area contributed by atoms with Gasteiger partial charge in [0.2, 0.25) is 0 Å². The molecule has 0 bridgehead atoms. The molecular weight excluding hydrogens is 320 g/mol. The average Bonchev–Trinajstić information content (AvgIpc) is 2.15. The molecule has 0 atom stereocenters. The molecule has 0 aliphatic carbocycles. The van der Waals surface area contributed by atoms with Gasteiger partial charge in [0.15, 0.2) is 0 Å². The molecular formula is C9H14N2W. The fraction of sp³-hybridized carbons (Fsp3) is 0.444. The first kappa shape index (κ1) is 10.0. The van der Waals surface area contributed by atoms with Gasteiger partial charge in [0.1, 0.15) is 0 Å². The Labute approximate surface area is 84.7 Å². The van der Waals surface area contributed by atoms with E-state index in [0.29, 0.717) is 0 Å². The van der Waals surface area contributed by atoms with E-state index in [1.165, 1.54) is 23.4 Å². The maximum absolute atomic E-state index is 3.66. The number of hydrogen-bond acceptors (Lipinski definition) is 2. The molecule has 0 aromatic carbocycles. The van der Waals surface area contributed by atoms with Gasteiger partial charge in [-0.3, -0.25) is 0 Å². The van der Waals surface area contributed by atoms with Crippen LogP contribution in [0.2, 0.25) is 0 Å². The van der Waals surface area contributed by atoms with E-state index < -0.39 is 0 Å². The average molecular weight is 334 g/mol. The van der Waals surface area contributed by atoms with Gasteiger partial charge >= 0.3 is 84.6 Å². The number of piperazine rings is 1. The summed E-state index contributed by atoms with van der Waals surface area (Å²) in [4.78, 5) is 2.42. The predicted octanol–water partition coefficient (Wildman–Crippen LogP) is 0.311. The van der Waals surface area contributed by atoms with Crippen molar-refractivity contribution in [2.24, 2.45) is 0 Å². The predicted molar refractivity (Wildman–Crippen MR) is 48.8 cm³/mol. The monoisotopic (exact) mass is 334 g/mol. The van der Waals surface area contributed by atoms with Gasteiger partial charge in [0.05, 0.1) is 0 Å². The molecule has 1 N–H and O–H groups in total. The van der Waals surface area contributed by atoms with Crippen LogP contribution in [0, 0.1) is 0 Å². The van der Waals surface area contributed by atoms with E-state index in [9.17, 15) is 0 Å². The fourth-order valence-electron chi connectivity index (χ4n) is 1.14. The first-order chi connectivity index (χ1) is 5.84. The number of hydrogen-bond donors (Lipinski definition) is 1. The second kappa shape index (κ2) is 5.58. The Hall–Kier alpha value is -0.0417. The fourth-order valence-corrected chi connectivity index (χ4v) is 2.08. The summed E-state index contributed by atoms with van der Waals surface area (Å²) in [5.41, 5.74) is 0. The number of rotatable bonds is 3. The Bertz CT molecular complexity index is 193. The van der Waals surface area contributed by atoms with E-state index in [1.54, 1.807) is 0 Å². The summed E-state index contributed by atoms with van der Waals surface area (Å²) >= 11 is 1.53. The molecule has 2 nitrogen and oxygen atoms in total. The van der Waals surface area contributed by atoms with Crippen molar-refractivity contribution >= 4 is 4.02 Å². The van der Waals surface area contributed by atoms with Crippen molar-refractivity contribution < 1.29 is 19.4 Å².